The first-order valence-electron chi connectivity index (χ1n) is 7.47. The van der Waals surface area contributed by atoms with Crippen LogP contribution in [0.15, 0.2) is 18.2 Å². The van der Waals surface area contributed by atoms with Crippen LogP contribution >= 0.6 is 11.6 Å². The predicted molar refractivity (Wildman–Crippen MR) is 80.5 cm³/mol. The number of nitrogens with zero attached hydrogens (tertiary/aromatic N) is 1. The molecule has 1 aromatic carbocycles. The zero-order valence-corrected chi connectivity index (χ0v) is 13.2. The lowest BCUT2D eigenvalue weighted by Gasteiger charge is -2.32. The zero-order chi connectivity index (χ0) is 16.3. The van der Waals surface area contributed by atoms with Gasteiger partial charge in [0.05, 0.1) is 5.02 Å². The van der Waals surface area contributed by atoms with Crippen molar-refractivity contribution in [3.05, 3.63) is 34.3 Å². The molecule has 1 aliphatic heterocycles. The van der Waals surface area contributed by atoms with E-state index in [0.29, 0.717) is 5.56 Å². The molecule has 0 aliphatic carbocycles. The third-order valence-corrected chi connectivity index (χ3v) is 4.52. The van der Waals surface area contributed by atoms with E-state index in [4.69, 9.17) is 11.6 Å². The molecule has 2 nitrogen and oxygen atoms in total. The molecule has 122 valence electrons. The van der Waals surface area contributed by atoms with Gasteiger partial charge in [0.25, 0.3) is 5.78 Å². The number of alkyl halides is 3. The highest BCUT2D eigenvalue weighted by Crippen LogP contribution is 2.36. The maximum atomic E-state index is 12.6. The molecule has 0 spiro atoms. The predicted octanol–water partition coefficient (Wildman–Crippen LogP) is 4.67. The molecule has 1 aromatic rings. The Labute approximate surface area is 133 Å². The van der Waals surface area contributed by atoms with E-state index in [1.807, 2.05) is 0 Å². The Kier molecular flexibility index (Phi) is 5.50. The summed E-state index contributed by atoms with van der Waals surface area (Å²) in [5.41, 5.74) is 0.218. The number of carbonyl (C=O) groups is 1. The Morgan fingerprint density at radius 3 is 2.50 bits per heavy atom. The van der Waals surface area contributed by atoms with E-state index >= 15 is 0 Å². The second kappa shape index (κ2) is 7.01. The average Bonchev–Trinajstić information content (AvgIpc) is 2.47. The van der Waals surface area contributed by atoms with Crippen molar-refractivity contribution in [2.24, 2.45) is 0 Å². The van der Waals surface area contributed by atoms with E-state index in [9.17, 15) is 18.0 Å². The number of ketones is 1. The van der Waals surface area contributed by atoms with Crippen LogP contribution < -0.4 is 0 Å². The minimum Gasteiger partial charge on any atom is -0.303 e. The lowest BCUT2D eigenvalue weighted by molar-refractivity contribution is -0.0885. The molecule has 2 rings (SSSR count). The fourth-order valence-corrected chi connectivity index (χ4v) is 3.34. The molecule has 1 aliphatic rings. The summed E-state index contributed by atoms with van der Waals surface area (Å²) >= 11 is 6.11. The third kappa shape index (κ3) is 3.82. The van der Waals surface area contributed by atoms with Gasteiger partial charge >= 0.3 is 6.18 Å². The van der Waals surface area contributed by atoms with Crippen molar-refractivity contribution in [3.63, 3.8) is 0 Å². The number of Topliss-reactive ketones (excluding diaryl/α,β-unsaturated/α-hetero) is 1. The molecule has 0 bridgehead atoms. The first-order valence-corrected chi connectivity index (χ1v) is 7.84. The van der Waals surface area contributed by atoms with Gasteiger partial charge in [0.2, 0.25) is 0 Å². The van der Waals surface area contributed by atoms with Gasteiger partial charge < -0.3 is 4.90 Å². The molecule has 1 heterocycles. The standard InChI is InChI=1S/C16H19ClF3NO/c1-2-8-21-9-6-11(7-10-21)12-4-3-5-13(14(12)17)15(22)16(18,19)20/h3-5,11H,2,6-10H2,1H3. The SMILES string of the molecule is CCCN1CCC(c2cccc(C(=O)C(F)(F)F)c2Cl)CC1. The Balaban J connectivity index is 2.18. The van der Waals surface area contributed by atoms with Gasteiger partial charge in [-0.2, -0.15) is 13.2 Å². The number of hydrogen-bond donors (Lipinski definition) is 0. The Morgan fingerprint density at radius 2 is 1.95 bits per heavy atom. The van der Waals surface area contributed by atoms with Crippen LogP contribution in [0.25, 0.3) is 0 Å². The summed E-state index contributed by atoms with van der Waals surface area (Å²) in [4.78, 5) is 13.8. The van der Waals surface area contributed by atoms with Gasteiger partial charge in [-0.25, -0.2) is 0 Å². The highest BCUT2D eigenvalue weighted by molar-refractivity contribution is 6.35. The van der Waals surface area contributed by atoms with Crippen LogP contribution in [-0.4, -0.2) is 36.5 Å². The van der Waals surface area contributed by atoms with Crippen molar-refractivity contribution in [1.82, 2.24) is 4.90 Å². The average molecular weight is 334 g/mol. The molecular weight excluding hydrogens is 315 g/mol. The van der Waals surface area contributed by atoms with E-state index in [2.05, 4.69) is 11.8 Å². The number of likely N-dealkylation sites (tertiary alicyclic amines) is 1. The van der Waals surface area contributed by atoms with E-state index in [1.54, 1.807) is 6.07 Å². The number of rotatable bonds is 4. The van der Waals surface area contributed by atoms with E-state index in [1.165, 1.54) is 6.07 Å². The van der Waals surface area contributed by atoms with Crippen molar-refractivity contribution >= 4 is 17.4 Å². The maximum Gasteiger partial charge on any atom is 0.454 e. The zero-order valence-electron chi connectivity index (χ0n) is 12.4. The molecule has 0 radical (unpaired) electrons. The van der Waals surface area contributed by atoms with Crippen LogP contribution in [0.5, 0.6) is 0 Å². The van der Waals surface area contributed by atoms with Crippen LogP contribution in [0.4, 0.5) is 13.2 Å². The van der Waals surface area contributed by atoms with E-state index < -0.39 is 17.5 Å². The van der Waals surface area contributed by atoms with Gasteiger partial charge in [-0.3, -0.25) is 4.79 Å². The number of hydrogen-bond acceptors (Lipinski definition) is 2. The van der Waals surface area contributed by atoms with Crippen LogP contribution in [0.3, 0.4) is 0 Å². The van der Waals surface area contributed by atoms with Crippen LogP contribution in [0.2, 0.25) is 5.02 Å². The molecule has 0 N–H and O–H groups in total. The Bertz CT molecular complexity index is 537. The molecule has 1 saturated heterocycles. The second-order valence-corrected chi connectivity index (χ2v) is 6.03. The van der Waals surface area contributed by atoms with Gasteiger partial charge in [0.15, 0.2) is 0 Å². The van der Waals surface area contributed by atoms with Crippen molar-refractivity contribution in [2.45, 2.75) is 38.3 Å². The largest absolute Gasteiger partial charge is 0.454 e. The second-order valence-electron chi connectivity index (χ2n) is 5.65. The summed E-state index contributed by atoms with van der Waals surface area (Å²) in [6.45, 7) is 4.97. The van der Waals surface area contributed by atoms with Crippen molar-refractivity contribution in [3.8, 4) is 0 Å². The summed E-state index contributed by atoms with van der Waals surface area (Å²) in [7, 11) is 0. The highest BCUT2D eigenvalue weighted by atomic mass is 35.5. The number of piperidine rings is 1. The van der Waals surface area contributed by atoms with Crippen LogP contribution in [0, 0.1) is 0 Å². The summed E-state index contributed by atoms with van der Waals surface area (Å²) in [5.74, 6) is -1.76. The Morgan fingerprint density at radius 1 is 1.32 bits per heavy atom. The molecule has 0 aromatic heterocycles. The van der Waals surface area contributed by atoms with Gasteiger partial charge in [-0.05, 0) is 56.4 Å². The quantitative estimate of drug-likeness (QED) is 0.746. The summed E-state index contributed by atoms with van der Waals surface area (Å²) in [5, 5.41) is -0.0428. The fraction of sp³-hybridized carbons (Fsp3) is 0.562. The monoisotopic (exact) mass is 333 g/mol. The van der Waals surface area contributed by atoms with Crippen molar-refractivity contribution in [1.29, 1.82) is 0 Å². The smallest absolute Gasteiger partial charge is 0.303 e. The van der Waals surface area contributed by atoms with Crippen LogP contribution in [-0.2, 0) is 0 Å². The first kappa shape index (κ1) is 17.3. The minimum atomic E-state index is -4.90. The minimum absolute atomic E-state index is 0.0428. The molecule has 1 fully saturated rings. The molecule has 0 atom stereocenters. The molecule has 0 saturated carbocycles. The normalized spacial score (nSPS) is 17.7. The van der Waals surface area contributed by atoms with Gasteiger partial charge in [-0.15, -0.1) is 0 Å². The van der Waals surface area contributed by atoms with Gasteiger partial charge in [0.1, 0.15) is 0 Å². The number of benzene rings is 1. The van der Waals surface area contributed by atoms with Crippen molar-refractivity contribution in [2.75, 3.05) is 19.6 Å². The number of carbonyl (C=O) groups excluding carboxylic acids is 1. The summed E-state index contributed by atoms with van der Waals surface area (Å²) in [6, 6.07) is 4.36. The molecular formula is C16H19ClF3NO. The van der Waals surface area contributed by atoms with Crippen LogP contribution in [0.1, 0.15) is 48.0 Å². The molecule has 0 unspecified atom stereocenters. The maximum absolute atomic E-state index is 12.6. The Hall–Kier alpha value is -1.07. The summed E-state index contributed by atoms with van der Waals surface area (Å²) in [6.07, 6.45) is -2.11. The van der Waals surface area contributed by atoms with E-state index in [0.717, 1.165) is 45.0 Å². The van der Waals surface area contributed by atoms with Crippen molar-refractivity contribution < 1.29 is 18.0 Å². The third-order valence-electron chi connectivity index (χ3n) is 4.10. The summed E-state index contributed by atoms with van der Waals surface area (Å²) < 4.78 is 37.8. The highest BCUT2D eigenvalue weighted by Gasteiger charge is 2.40. The van der Waals surface area contributed by atoms with E-state index in [-0.39, 0.29) is 10.9 Å². The molecule has 6 heteroatoms. The number of halogens is 4. The van der Waals surface area contributed by atoms with Gasteiger partial charge in [-0.1, -0.05) is 30.7 Å². The first-order chi connectivity index (χ1) is 10.3. The molecule has 22 heavy (non-hydrogen) atoms. The lowest BCUT2D eigenvalue weighted by Crippen LogP contribution is -2.33. The topological polar surface area (TPSA) is 20.3 Å². The lowest BCUT2D eigenvalue weighted by atomic mass is 9.88. The molecule has 0 amide bonds. The fourth-order valence-electron chi connectivity index (χ4n) is 2.98. The van der Waals surface area contributed by atoms with Gasteiger partial charge in [0, 0.05) is 5.56 Å².